The number of halogens is 1. The molecule has 0 radical (unpaired) electrons. The monoisotopic (exact) mass is 401 g/mol. The van der Waals surface area contributed by atoms with Gasteiger partial charge in [0.25, 0.3) is 0 Å². The number of carbonyl (C=O) groups excluding carboxylic acids is 1. The maximum absolute atomic E-state index is 11.5. The van der Waals surface area contributed by atoms with E-state index < -0.39 is 6.10 Å². The van der Waals surface area contributed by atoms with Gasteiger partial charge in [0.1, 0.15) is 6.10 Å². The van der Waals surface area contributed by atoms with Crippen molar-refractivity contribution in [2.24, 2.45) is 4.99 Å². The second-order valence-electron chi connectivity index (χ2n) is 6.25. The van der Waals surface area contributed by atoms with Crippen molar-refractivity contribution in [3.05, 3.63) is 21.3 Å². The zero-order chi connectivity index (χ0) is 18.9. The highest BCUT2D eigenvalue weighted by Gasteiger charge is 2.21. The highest BCUT2D eigenvalue weighted by atomic mass is 35.5. The van der Waals surface area contributed by atoms with Crippen molar-refractivity contribution >= 4 is 34.8 Å². The molecule has 1 aliphatic rings. The smallest absolute Gasteiger partial charge is 0.233 e. The maximum Gasteiger partial charge on any atom is 0.233 e. The Balaban J connectivity index is 1.83. The van der Waals surface area contributed by atoms with Crippen molar-refractivity contribution in [3.63, 3.8) is 0 Å². The number of amides is 1. The summed E-state index contributed by atoms with van der Waals surface area (Å²) < 4.78 is 0.663. The third-order valence-corrected chi connectivity index (χ3v) is 5.60. The number of aliphatic imine (C=N–C) groups is 1. The molecule has 1 fully saturated rings. The summed E-state index contributed by atoms with van der Waals surface area (Å²) in [7, 11) is 1.66. The largest absolute Gasteiger partial charge is 0.386 e. The molecule has 0 saturated carbocycles. The zero-order valence-electron chi connectivity index (χ0n) is 15.3. The first kappa shape index (κ1) is 21.0. The fourth-order valence-corrected chi connectivity index (χ4v) is 3.84. The minimum Gasteiger partial charge on any atom is -0.386 e. The number of carbonyl (C=O) groups is 1. The van der Waals surface area contributed by atoms with Gasteiger partial charge in [-0.2, -0.15) is 0 Å². The van der Waals surface area contributed by atoms with E-state index in [4.69, 9.17) is 11.6 Å². The van der Waals surface area contributed by atoms with Gasteiger partial charge in [-0.05, 0) is 31.9 Å². The number of likely N-dealkylation sites (N-methyl/N-ethyl adjacent to an activating group) is 1. The van der Waals surface area contributed by atoms with Crippen LogP contribution in [0.5, 0.6) is 0 Å². The minimum absolute atomic E-state index is 0.0500. The van der Waals surface area contributed by atoms with E-state index in [0.29, 0.717) is 22.9 Å². The molecule has 0 aromatic carbocycles. The molecule has 4 N–H and O–H groups in total. The molecule has 1 atom stereocenters. The van der Waals surface area contributed by atoms with E-state index in [9.17, 15) is 9.90 Å². The van der Waals surface area contributed by atoms with E-state index in [1.54, 1.807) is 13.1 Å². The number of hydrogen-bond donors (Lipinski definition) is 4. The molecular formula is C17H28ClN5O2S. The number of likely N-dealkylation sites (tertiary alicyclic amines) is 1. The van der Waals surface area contributed by atoms with Gasteiger partial charge in [-0.15, -0.1) is 11.3 Å². The van der Waals surface area contributed by atoms with E-state index in [1.807, 2.05) is 13.0 Å². The van der Waals surface area contributed by atoms with E-state index in [0.717, 1.165) is 37.4 Å². The standard InChI is InChI=1S/C17H28ClN5O2S/c1-3-20-17(21-10-13(24)14-4-5-15(18)26-14)22-12-6-8-23(9-7-12)11-16(25)19-2/h4-5,12-13,24H,3,6-11H2,1-2H3,(H,19,25)(H2,20,21,22). The average Bonchev–Trinajstić information content (AvgIpc) is 3.07. The summed E-state index contributed by atoms with van der Waals surface area (Å²) in [6.45, 7) is 5.25. The quantitative estimate of drug-likeness (QED) is 0.407. The van der Waals surface area contributed by atoms with Gasteiger partial charge in [-0.3, -0.25) is 14.7 Å². The highest BCUT2D eigenvalue weighted by molar-refractivity contribution is 7.16. The van der Waals surface area contributed by atoms with Crippen molar-refractivity contribution in [2.75, 3.05) is 39.8 Å². The molecule has 26 heavy (non-hydrogen) atoms. The number of aliphatic hydroxyl groups is 1. The number of piperidine rings is 1. The second-order valence-corrected chi connectivity index (χ2v) is 7.99. The normalized spacial score (nSPS) is 17.8. The molecule has 146 valence electrons. The second kappa shape index (κ2) is 10.7. The SMILES string of the molecule is CCNC(=NCC(O)c1ccc(Cl)s1)NC1CCN(CC(=O)NC)CC1. The van der Waals surface area contributed by atoms with Gasteiger partial charge in [0.15, 0.2) is 5.96 Å². The Hall–Kier alpha value is -1.35. The van der Waals surface area contributed by atoms with Crippen molar-refractivity contribution in [2.45, 2.75) is 31.9 Å². The predicted molar refractivity (Wildman–Crippen MR) is 107 cm³/mol. The van der Waals surface area contributed by atoms with Crippen LogP contribution in [-0.4, -0.2) is 67.7 Å². The Morgan fingerprint density at radius 1 is 1.46 bits per heavy atom. The lowest BCUT2D eigenvalue weighted by Gasteiger charge is -2.32. The topological polar surface area (TPSA) is 89.0 Å². The van der Waals surface area contributed by atoms with Crippen LogP contribution in [0, 0.1) is 0 Å². The number of rotatable bonds is 7. The molecule has 0 spiro atoms. The van der Waals surface area contributed by atoms with Crippen molar-refractivity contribution in [1.29, 1.82) is 0 Å². The third-order valence-electron chi connectivity index (χ3n) is 4.26. The van der Waals surface area contributed by atoms with E-state index in [-0.39, 0.29) is 12.5 Å². The van der Waals surface area contributed by atoms with Gasteiger partial charge in [0, 0.05) is 37.6 Å². The molecule has 1 saturated heterocycles. The summed E-state index contributed by atoms with van der Waals surface area (Å²) in [5.74, 6) is 0.757. The van der Waals surface area contributed by atoms with E-state index >= 15 is 0 Å². The Bertz CT molecular complexity index is 602. The van der Waals surface area contributed by atoms with E-state index in [1.165, 1.54) is 11.3 Å². The number of hydrogen-bond acceptors (Lipinski definition) is 5. The van der Waals surface area contributed by atoms with Gasteiger partial charge in [-0.25, -0.2) is 0 Å². The maximum atomic E-state index is 11.5. The first-order chi connectivity index (χ1) is 12.5. The zero-order valence-corrected chi connectivity index (χ0v) is 16.9. The minimum atomic E-state index is -0.655. The molecule has 1 aromatic heterocycles. The van der Waals surface area contributed by atoms with E-state index in [2.05, 4.69) is 25.8 Å². The Labute approximate surface area is 163 Å². The van der Waals surface area contributed by atoms with Crippen LogP contribution in [0.1, 0.15) is 30.7 Å². The molecule has 9 heteroatoms. The molecule has 1 unspecified atom stereocenters. The van der Waals surface area contributed by atoms with Crippen LogP contribution in [0.25, 0.3) is 0 Å². The van der Waals surface area contributed by atoms with Crippen LogP contribution in [0.2, 0.25) is 4.34 Å². The Morgan fingerprint density at radius 3 is 2.77 bits per heavy atom. The molecule has 2 heterocycles. The predicted octanol–water partition coefficient (Wildman–Crippen LogP) is 1.20. The number of nitrogens with zero attached hydrogens (tertiary/aromatic N) is 2. The van der Waals surface area contributed by atoms with Gasteiger partial charge in [-0.1, -0.05) is 11.6 Å². The first-order valence-electron chi connectivity index (χ1n) is 8.93. The molecular weight excluding hydrogens is 374 g/mol. The van der Waals surface area contributed by atoms with Crippen molar-refractivity contribution in [3.8, 4) is 0 Å². The van der Waals surface area contributed by atoms with Crippen LogP contribution in [-0.2, 0) is 4.79 Å². The van der Waals surface area contributed by atoms with Crippen LogP contribution in [0.4, 0.5) is 0 Å². The Morgan fingerprint density at radius 2 is 2.19 bits per heavy atom. The van der Waals surface area contributed by atoms with Crippen LogP contribution in [0.3, 0.4) is 0 Å². The lowest BCUT2D eigenvalue weighted by atomic mass is 10.1. The summed E-state index contributed by atoms with van der Waals surface area (Å²) in [5, 5.41) is 19.6. The molecule has 1 amide bonds. The average molecular weight is 402 g/mol. The van der Waals surface area contributed by atoms with Gasteiger partial charge < -0.3 is 21.1 Å². The van der Waals surface area contributed by atoms with Crippen molar-refractivity contribution < 1.29 is 9.90 Å². The number of guanidine groups is 1. The molecule has 0 bridgehead atoms. The molecule has 0 aliphatic carbocycles. The van der Waals surface area contributed by atoms with Gasteiger partial charge in [0.05, 0.1) is 17.4 Å². The van der Waals surface area contributed by atoms with Crippen LogP contribution >= 0.6 is 22.9 Å². The first-order valence-corrected chi connectivity index (χ1v) is 10.1. The summed E-state index contributed by atoms with van der Waals surface area (Å²) in [6, 6.07) is 3.92. The summed E-state index contributed by atoms with van der Waals surface area (Å²) >= 11 is 7.29. The summed E-state index contributed by atoms with van der Waals surface area (Å²) in [5.41, 5.74) is 0. The lowest BCUT2D eigenvalue weighted by Crippen LogP contribution is -2.50. The molecule has 7 nitrogen and oxygen atoms in total. The fourth-order valence-electron chi connectivity index (χ4n) is 2.81. The lowest BCUT2D eigenvalue weighted by molar-refractivity contribution is -0.122. The third kappa shape index (κ3) is 6.75. The fraction of sp³-hybridized carbons (Fsp3) is 0.647. The number of thiophene rings is 1. The number of nitrogens with one attached hydrogen (secondary N) is 3. The summed E-state index contributed by atoms with van der Waals surface area (Å²) in [4.78, 5) is 18.9. The van der Waals surface area contributed by atoms with Gasteiger partial charge >= 0.3 is 0 Å². The number of aliphatic hydroxyl groups excluding tert-OH is 1. The molecule has 2 rings (SSSR count). The molecule has 1 aromatic rings. The molecule has 1 aliphatic heterocycles. The summed E-state index contributed by atoms with van der Waals surface area (Å²) in [6.07, 6.45) is 1.24. The highest BCUT2D eigenvalue weighted by Crippen LogP contribution is 2.26. The Kier molecular flexibility index (Phi) is 8.64. The van der Waals surface area contributed by atoms with Crippen LogP contribution < -0.4 is 16.0 Å². The van der Waals surface area contributed by atoms with Gasteiger partial charge in [0.2, 0.25) is 5.91 Å². The van der Waals surface area contributed by atoms with Crippen molar-refractivity contribution in [1.82, 2.24) is 20.9 Å². The van der Waals surface area contributed by atoms with Crippen LogP contribution in [0.15, 0.2) is 17.1 Å².